The van der Waals surface area contributed by atoms with E-state index < -0.39 is 0 Å². The van der Waals surface area contributed by atoms with Crippen LogP contribution in [0.15, 0.2) is 41.3 Å². The zero-order chi connectivity index (χ0) is 19.3. The molecule has 138 valence electrons. The number of hydrazine groups is 1. The van der Waals surface area contributed by atoms with Crippen molar-refractivity contribution in [2.75, 3.05) is 20.7 Å². The lowest BCUT2D eigenvalue weighted by atomic mass is 10.2. The first-order valence-electron chi connectivity index (χ1n) is 8.03. The SMILES string of the molecule is C=C(NNC(=O)c1cc(C)oc1C)c1ccc(OCC(=O)N(C)C)cc1. The molecule has 0 atom stereocenters. The number of furan rings is 1. The smallest absolute Gasteiger partial charge is 0.273 e. The van der Waals surface area contributed by atoms with Crippen LogP contribution < -0.4 is 15.6 Å². The highest BCUT2D eigenvalue weighted by Gasteiger charge is 2.13. The van der Waals surface area contributed by atoms with Crippen molar-refractivity contribution in [2.45, 2.75) is 13.8 Å². The Labute approximate surface area is 152 Å². The van der Waals surface area contributed by atoms with Crippen molar-refractivity contribution < 1.29 is 18.7 Å². The monoisotopic (exact) mass is 357 g/mol. The third kappa shape index (κ3) is 4.89. The van der Waals surface area contributed by atoms with E-state index in [2.05, 4.69) is 17.4 Å². The van der Waals surface area contributed by atoms with E-state index in [1.807, 2.05) is 0 Å². The maximum absolute atomic E-state index is 12.1. The summed E-state index contributed by atoms with van der Waals surface area (Å²) in [4.78, 5) is 25.1. The highest BCUT2D eigenvalue weighted by molar-refractivity contribution is 5.95. The largest absolute Gasteiger partial charge is 0.484 e. The van der Waals surface area contributed by atoms with Crippen LogP contribution >= 0.6 is 0 Å². The van der Waals surface area contributed by atoms with Gasteiger partial charge in [-0.1, -0.05) is 6.58 Å². The van der Waals surface area contributed by atoms with Crippen molar-refractivity contribution in [3.05, 3.63) is 59.6 Å². The van der Waals surface area contributed by atoms with Crippen LogP contribution in [-0.4, -0.2) is 37.4 Å². The molecule has 1 heterocycles. The Hall–Kier alpha value is -3.22. The Balaban J connectivity index is 1.88. The lowest BCUT2D eigenvalue weighted by Gasteiger charge is -2.13. The highest BCUT2D eigenvalue weighted by atomic mass is 16.5. The van der Waals surface area contributed by atoms with Crippen molar-refractivity contribution in [3.63, 3.8) is 0 Å². The van der Waals surface area contributed by atoms with E-state index in [0.717, 1.165) is 5.56 Å². The molecular formula is C19H23N3O4. The van der Waals surface area contributed by atoms with Gasteiger partial charge in [0.2, 0.25) is 0 Å². The molecule has 2 rings (SSSR count). The second-order valence-corrected chi connectivity index (χ2v) is 5.99. The van der Waals surface area contributed by atoms with Gasteiger partial charge in [0.05, 0.1) is 11.3 Å². The van der Waals surface area contributed by atoms with Crippen LogP contribution in [0.1, 0.15) is 27.4 Å². The standard InChI is InChI=1S/C19H23N3O4/c1-12-10-17(14(3)26-12)19(24)21-20-13(2)15-6-8-16(9-7-15)25-11-18(23)22(4)5/h6-10,20H,2,11H2,1,3-5H3,(H,21,24). The quantitative estimate of drug-likeness (QED) is 0.743. The Bertz CT molecular complexity index is 807. The average molecular weight is 357 g/mol. The Morgan fingerprint density at radius 3 is 2.35 bits per heavy atom. The number of ether oxygens (including phenoxy) is 1. The zero-order valence-electron chi connectivity index (χ0n) is 15.4. The fourth-order valence-corrected chi connectivity index (χ4v) is 2.15. The van der Waals surface area contributed by atoms with Gasteiger partial charge >= 0.3 is 0 Å². The summed E-state index contributed by atoms with van der Waals surface area (Å²) in [7, 11) is 3.34. The Kier molecular flexibility index (Phi) is 6.06. The summed E-state index contributed by atoms with van der Waals surface area (Å²) in [6.45, 7) is 7.39. The average Bonchev–Trinajstić information content (AvgIpc) is 2.95. The van der Waals surface area contributed by atoms with Gasteiger partial charge in [0, 0.05) is 14.1 Å². The minimum atomic E-state index is -0.303. The molecule has 0 radical (unpaired) electrons. The summed E-state index contributed by atoms with van der Waals surface area (Å²) in [5.74, 6) is 1.39. The van der Waals surface area contributed by atoms with Crippen molar-refractivity contribution in [3.8, 4) is 5.75 Å². The molecule has 26 heavy (non-hydrogen) atoms. The number of carbonyl (C=O) groups excluding carboxylic acids is 2. The molecule has 1 aromatic carbocycles. The summed E-state index contributed by atoms with van der Waals surface area (Å²) < 4.78 is 10.8. The van der Waals surface area contributed by atoms with Crippen molar-refractivity contribution in [2.24, 2.45) is 0 Å². The van der Waals surface area contributed by atoms with Gasteiger partial charge in [-0.15, -0.1) is 0 Å². The van der Waals surface area contributed by atoms with E-state index in [0.29, 0.717) is 28.5 Å². The van der Waals surface area contributed by atoms with Crippen molar-refractivity contribution >= 4 is 17.5 Å². The number of nitrogens with zero attached hydrogens (tertiary/aromatic N) is 1. The predicted molar refractivity (Wildman–Crippen MR) is 98.4 cm³/mol. The van der Waals surface area contributed by atoms with Crippen molar-refractivity contribution in [1.29, 1.82) is 0 Å². The fourth-order valence-electron chi connectivity index (χ4n) is 2.15. The number of benzene rings is 1. The Morgan fingerprint density at radius 1 is 1.15 bits per heavy atom. The lowest BCUT2D eigenvalue weighted by molar-refractivity contribution is -0.130. The number of hydrogen-bond acceptors (Lipinski definition) is 5. The predicted octanol–water partition coefficient (Wildman–Crippen LogP) is 2.27. The third-order valence-corrected chi connectivity index (χ3v) is 3.68. The first-order chi connectivity index (χ1) is 12.3. The summed E-state index contributed by atoms with van der Waals surface area (Å²) >= 11 is 0. The number of hydrogen-bond donors (Lipinski definition) is 2. The van der Waals surface area contributed by atoms with E-state index in [1.165, 1.54) is 4.90 Å². The molecule has 0 aliphatic rings. The molecule has 0 unspecified atom stereocenters. The van der Waals surface area contributed by atoms with Gasteiger partial charge in [-0.2, -0.15) is 0 Å². The van der Waals surface area contributed by atoms with Crippen LogP contribution in [0.5, 0.6) is 5.75 Å². The van der Waals surface area contributed by atoms with E-state index in [4.69, 9.17) is 9.15 Å². The number of amides is 2. The van der Waals surface area contributed by atoms with Gasteiger partial charge in [-0.25, -0.2) is 0 Å². The van der Waals surface area contributed by atoms with Crippen LogP contribution in [0.4, 0.5) is 0 Å². The van der Waals surface area contributed by atoms with Gasteiger partial charge in [0.1, 0.15) is 17.3 Å². The maximum atomic E-state index is 12.1. The van der Waals surface area contributed by atoms with Crippen LogP contribution in [0.3, 0.4) is 0 Å². The summed E-state index contributed by atoms with van der Waals surface area (Å²) in [6, 6.07) is 8.71. The summed E-state index contributed by atoms with van der Waals surface area (Å²) in [6.07, 6.45) is 0. The molecular weight excluding hydrogens is 334 g/mol. The van der Waals surface area contributed by atoms with Crippen LogP contribution in [0, 0.1) is 13.8 Å². The second-order valence-electron chi connectivity index (χ2n) is 5.99. The highest BCUT2D eigenvalue weighted by Crippen LogP contribution is 2.16. The molecule has 7 heteroatoms. The van der Waals surface area contributed by atoms with Crippen LogP contribution in [0.2, 0.25) is 0 Å². The molecule has 1 aromatic heterocycles. The summed E-state index contributed by atoms with van der Waals surface area (Å²) in [5, 5.41) is 0. The first-order valence-corrected chi connectivity index (χ1v) is 8.03. The van der Waals surface area contributed by atoms with E-state index in [-0.39, 0.29) is 18.4 Å². The number of carbonyl (C=O) groups is 2. The van der Waals surface area contributed by atoms with Crippen molar-refractivity contribution in [1.82, 2.24) is 15.8 Å². The molecule has 2 N–H and O–H groups in total. The van der Waals surface area contributed by atoms with E-state index in [1.54, 1.807) is 58.3 Å². The molecule has 0 saturated heterocycles. The van der Waals surface area contributed by atoms with Crippen LogP contribution in [-0.2, 0) is 4.79 Å². The number of rotatable bonds is 7. The maximum Gasteiger partial charge on any atom is 0.273 e. The molecule has 2 amide bonds. The van der Waals surface area contributed by atoms with Gasteiger partial charge in [0.25, 0.3) is 11.8 Å². The van der Waals surface area contributed by atoms with E-state index in [9.17, 15) is 9.59 Å². The topological polar surface area (TPSA) is 83.8 Å². The molecule has 0 saturated carbocycles. The minimum Gasteiger partial charge on any atom is -0.484 e. The van der Waals surface area contributed by atoms with Gasteiger partial charge in [-0.3, -0.25) is 20.4 Å². The normalized spacial score (nSPS) is 10.2. The molecule has 0 aliphatic carbocycles. The minimum absolute atomic E-state index is 0.0227. The second kappa shape index (κ2) is 8.24. The molecule has 7 nitrogen and oxygen atoms in total. The lowest BCUT2D eigenvalue weighted by Crippen LogP contribution is -2.35. The molecule has 0 aliphatic heterocycles. The molecule has 0 fully saturated rings. The number of nitrogens with one attached hydrogen (secondary N) is 2. The number of aryl methyl sites for hydroxylation is 2. The van der Waals surface area contributed by atoms with E-state index >= 15 is 0 Å². The summed E-state index contributed by atoms with van der Waals surface area (Å²) in [5.41, 5.74) is 7.13. The van der Waals surface area contributed by atoms with Gasteiger partial charge < -0.3 is 14.1 Å². The number of likely N-dealkylation sites (N-methyl/N-ethyl adjacent to an activating group) is 1. The van der Waals surface area contributed by atoms with Gasteiger partial charge in [0.15, 0.2) is 6.61 Å². The van der Waals surface area contributed by atoms with Gasteiger partial charge in [-0.05, 0) is 49.7 Å². The first kappa shape index (κ1) is 19.1. The fraction of sp³-hybridized carbons (Fsp3) is 0.263. The zero-order valence-corrected chi connectivity index (χ0v) is 15.4. The molecule has 0 bridgehead atoms. The molecule has 2 aromatic rings. The molecule has 0 spiro atoms. The van der Waals surface area contributed by atoms with Crippen LogP contribution in [0.25, 0.3) is 5.70 Å². The third-order valence-electron chi connectivity index (χ3n) is 3.68. The Morgan fingerprint density at radius 2 is 1.81 bits per heavy atom.